The predicted octanol–water partition coefficient (Wildman–Crippen LogP) is 2.96. The Balaban J connectivity index is 3.09. The molecular weight excluding hydrogens is 273 g/mol. The zero-order valence-electron chi connectivity index (χ0n) is 10.9. The Hall–Kier alpha value is -2.05. The largest absolute Gasteiger partial charge is 0.478 e. The number of carboxylic acid groups (broad SMARTS) is 1. The van der Waals surface area contributed by atoms with Gasteiger partial charge in [-0.1, -0.05) is 6.92 Å². The molecule has 0 fully saturated rings. The smallest absolute Gasteiger partial charge is 0.405 e. The van der Waals surface area contributed by atoms with Crippen LogP contribution in [0.4, 0.5) is 19.0 Å². The van der Waals surface area contributed by atoms with Gasteiger partial charge < -0.3 is 10.0 Å². The van der Waals surface area contributed by atoms with Gasteiger partial charge in [-0.15, -0.1) is 0 Å². The molecule has 1 N–H and O–H groups in total. The molecule has 7 heteroatoms. The number of rotatable bonds is 6. The van der Waals surface area contributed by atoms with E-state index >= 15 is 0 Å². The van der Waals surface area contributed by atoms with Crippen LogP contribution in [0.1, 0.15) is 18.9 Å². The van der Waals surface area contributed by atoms with Crippen LogP contribution < -0.4 is 4.90 Å². The van der Waals surface area contributed by atoms with E-state index in [1.807, 2.05) is 0 Å². The molecule has 0 aliphatic heterocycles. The lowest BCUT2D eigenvalue weighted by atomic mass is 10.2. The second-order valence-corrected chi connectivity index (χ2v) is 4.12. The van der Waals surface area contributed by atoms with Gasteiger partial charge in [-0.25, -0.2) is 9.78 Å². The SMILES string of the molecule is CCCN(CC(F)(F)F)c1ncccc1/C=C/C(=O)O. The Kier molecular flexibility index (Phi) is 5.54. The molecule has 0 radical (unpaired) electrons. The highest BCUT2D eigenvalue weighted by atomic mass is 19.4. The molecule has 0 saturated heterocycles. The molecule has 0 saturated carbocycles. The van der Waals surface area contributed by atoms with Crippen LogP contribution in [-0.2, 0) is 4.79 Å². The van der Waals surface area contributed by atoms with Crippen LogP contribution in [0.25, 0.3) is 6.08 Å². The Morgan fingerprint density at radius 1 is 1.50 bits per heavy atom. The van der Waals surface area contributed by atoms with Crippen LogP contribution in [-0.4, -0.2) is 35.3 Å². The van der Waals surface area contributed by atoms with Crippen molar-refractivity contribution in [3.8, 4) is 0 Å². The zero-order chi connectivity index (χ0) is 15.2. The monoisotopic (exact) mass is 288 g/mol. The van der Waals surface area contributed by atoms with E-state index in [0.29, 0.717) is 12.0 Å². The first-order chi connectivity index (χ1) is 9.33. The van der Waals surface area contributed by atoms with Crippen LogP contribution >= 0.6 is 0 Å². The van der Waals surface area contributed by atoms with E-state index in [1.165, 1.54) is 18.3 Å². The molecule has 0 aliphatic carbocycles. The quantitative estimate of drug-likeness (QED) is 0.818. The number of hydrogen-bond acceptors (Lipinski definition) is 3. The summed E-state index contributed by atoms with van der Waals surface area (Å²) in [6.45, 7) is 0.829. The Morgan fingerprint density at radius 2 is 2.20 bits per heavy atom. The lowest BCUT2D eigenvalue weighted by Gasteiger charge is -2.25. The maximum atomic E-state index is 12.6. The predicted molar refractivity (Wildman–Crippen MR) is 69.5 cm³/mol. The summed E-state index contributed by atoms with van der Waals surface area (Å²) in [6, 6.07) is 3.07. The van der Waals surface area contributed by atoms with E-state index in [2.05, 4.69) is 4.98 Å². The maximum Gasteiger partial charge on any atom is 0.405 e. The number of halogens is 3. The van der Waals surface area contributed by atoms with Crippen molar-refractivity contribution < 1.29 is 23.1 Å². The number of hydrogen-bond donors (Lipinski definition) is 1. The first-order valence-electron chi connectivity index (χ1n) is 6.01. The van der Waals surface area contributed by atoms with Crippen molar-refractivity contribution in [2.75, 3.05) is 18.0 Å². The highest BCUT2D eigenvalue weighted by Crippen LogP contribution is 2.24. The van der Waals surface area contributed by atoms with Gasteiger partial charge in [0, 0.05) is 24.4 Å². The van der Waals surface area contributed by atoms with E-state index in [9.17, 15) is 18.0 Å². The minimum absolute atomic E-state index is 0.129. The summed E-state index contributed by atoms with van der Waals surface area (Å²) in [5.41, 5.74) is 0.340. The third kappa shape index (κ3) is 5.29. The molecule has 1 rings (SSSR count). The molecule has 110 valence electrons. The van der Waals surface area contributed by atoms with Gasteiger partial charge in [-0.3, -0.25) is 0 Å². The highest BCUT2D eigenvalue weighted by Gasteiger charge is 2.31. The molecule has 0 aromatic carbocycles. The summed E-state index contributed by atoms with van der Waals surface area (Å²) < 4.78 is 37.7. The normalized spacial score (nSPS) is 11.8. The molecule has 1 aromatic rings. The summed E-state index contributed by atoms with van der Waals surface area (Å²) in [6.07, 6.45) is -0.330. The van der Waals surface area contributed by atoms with Gasteiger partial charge in [-0.2, -0.15) is 13.2 Å². The average molecular weight is 288 g/mol. The number of alkyl halides is 3. The fraction of sp³-hybridized carbons (Fsp3) is 0.385. The highest BCUT2D eigenvalue weighted by molar-refractivity contribution is 5.86. The molecule has 0 atom stereocenters. The van der Waals surface area contributed by atoms with Crippen molar-refractivity contribution in [3.05, 3.63) is 30.0 Å². The minimum Gasteiger partial charge on any atom is -0.478 e. The first kappa shape index (κ1) is 16.0. The summed E-state index contributed by atoms with van der Waals surface area (Å²) in [7, 11) is 0. The average Bonchev–Trinajstić information content (AvgIpc) is 2.34. The van der Waals surface area contributed by atoms with Crippen LogP contribution in [0.15, 0.2) is 24.4 Å². The summed E-state index contributed by atoms with van der Waals surface area (Å²) in [5.74, 6) is -1.04. The third-order valence-electron chi connectivity index (χ3n) is 2.39. The summed E-state index contributed by atoms with van der Waals surface area (Å²) in [4.78, 5) is 15.5. The van der Waals surface area contributed by atoms with E-state index in [0.717, 1.165) is 11.0 Å². The van der Waals surface area contributed by atoms with Crippen molar-refractivity contribution in [2.45, 2.75) is 19.5 Å². The minimum atomic E-state index is -4.35. The van der Waals surface area contributed by atoms with Crippen LogP contribution in [0, 0.1) is 0 Å². The van der Waals surface area contributed by atoms with Gasteiger partial charge in [0.25, 0.3) is 0 Å². The van der Waals surface area contributed by atoms with Gasteiger partial charge in [0.2, 0.25) is 0 Å². The molecule has 0 unspecified atom stereocenters. The van der Waals surface area contributed by atoms with Gasteiger partial charge in [-0.05, 0) is 24.6 Å². The number of aromatic nitrogens is 1. The van der Waals surface area contributed by atoms with E-state index in [4.69, 9.17) is 5.11 Å². The lowest BCUT2D eigenvalue weighted by molar-refractivity contribution is -0.131. The molecule has 1 heterocycles. The number of pyridine rings is 1. The Morgan fingerprint density at radius 3 is 2.75 bits per heavy atom. The molecule has 0 spiro atoms. The topological polar surface area (TPSA) is 53.4 Å². The first-order valence-corrected chi connectivity index (χ1v) is 6.01. The van der Waals surface area contributed by atoms with E-state index in [-0.39, 0.29) is 12.4 Å². The second-order valence-electron chi connectivity index (χ2n) is 4.12. The molecule has 4 nitrogen and oxygen atoms in total. The van der Waals surface area contributed by atoms with Crippen LogP contribution in [0.3, 0.4) is 0 Å². The van der Waals surface area contributed by atoms with Gasteiger partial charge >= 0.3 is 12.1 Å². The van der Waals surface area contributed by atoms with Crippen molar-refractivity contribution >= 4 is 17.9 Å². The molecule has 0 bridgehead atoms. The van der Waals surface area contributed by atoms with Crippen molar-refractivity contribution in [1.82, 2.24) is 4.98 Å². The third-order valence-corrected chi connectivity index (χ3v) is 2.39. The van der Waals surface area contributed by atoms with Gasteiger partial charge in [0.05, 0.1) is 0 Å². The summed E-state index contributed by atoms with van der Waals surface area (Å²) >= 11 is 0. The molecule has 0 amide bonds. The molecule has 0 aliphatic rings. The van der Waals surface area contributed by atoms with Crippen molar-refractivity contribution in [3.63, 3.8) is 0 Å². The Labute approximate surface area is 114 Å². The number of aliphatic carboxylic acids is 1. The number of anilines is 1. The van der Waals surface area contributed by atoms with Crippen molar-refractivity contribution in [2.24, 2.45) is 0 Å². The fourth-order valence-electron chi connectivity index (χ4n) is 1.71. The maximum absolute atomic E-state index is 12.6. The van der Waals surface area contributed by atoms with Gasteiger partial charge in [0.15, 0.2) is 0 Å². The van der Waals surface area contributed by atoms with E-state index < -0.39 is 18.7 Å². The molecule has 1 aromatic heterocycles. The van der Waals surface area contributed by atoms with Crippen LogP contribution in [0.2, 0.25) is 0 Å². The Bertz CT molecular complexity index is 487. The fourth-order valence-corrected chi connectivity index (χ4v) is 1.71. The number of nitrogens with zero attached hydrogens (tertiary/aromatic N) is 2. The van der Waals surface area contributed by atoms with E-state index in [1.54, 1.807) is 13.0 Å². The summed E-state index contributed by atoms with van der Waals surface area (Å²) in [5, 5.41) is 8.59. The van der Waals surface area contributed by atoms with Gasteiger partial charge in [0.1, 0.15) is 12.4 Å². The molecular formula is C13H15F3N2O2. The second kappa shape index (κ2) is 6.93. The van der Waals surface area contributed by atoms with Crippen molar-refractivity contribution in [1.29, 1.82) is 0 Å². The number of carbonyl (C=O) groups is 1. The zero-order valence-corrected chi connectivity index (χ0v) is 10.9. The number of carboxylic acids is 1. The van der Waals surface area contributed by atoms with Crippen LogP contribution in [0.5, 0.6) is 0 Å². The lowest BCUT2D eigenvalue weighted by Crippen LogP contribution is -2.35. The molecule has 20 heavy (non-hydrogen) atoms. The standard InChI is InChI=1S/C13H15F3N2O2/c1-2-8-18(9-13(14,15)16)12-10(4-3-7-17-12)5-6-11(19)20/h3-7H,2,8-9H2,1H3,(H,19,20)/b6-5+.